The van der Waals surface area contributed by atoms with Gasteiger partial charge in [-0.05, 0) is 127 Å². The van der Waals surface area contributed by atoms with E-state index in [9.17, 15) is 9.59 Å². The van der Waals surface area contributed by atoms with E-state index in [-0.39, 0.29) is 96.6 Å². The smallest absolute Gasteiger partial charge is 0.306 e. The maximum atomic E-state index is 14.7. The van der Waals surface area contributed by atoms with Gasteiger partial charge in [-0.15, -0.1) is 0 Å². The van der Waals surface area contributed by atoms with Gasteiger partial charge in [-0.1, -0.05) is 43.8 Å². The minimum absolute atomic E-state index is 0.0212. The number of cyclic esters (lactones) is 1. The number of Topliss-reactive ketones (excluding diaryl/α,β-unsaturated/α-hetero) is 1. The van der Waals surface area contributed by atoms with Crippen molar-refractivity contribution >= 4 is 40.1 Å². The molecule has 0 bridgehead atoms. The van der Waals surface area contributed by atoms with Crippen LogP contribution in [0, 0.1) is 35.5 Å². The Balaban J connectivity index is 1.21. The quantitative estimate of drug-likeness (QED) is 0.144. The van der Waals surface area contributed by atoms with E-state index in [1.807, 2.05) is 20.1 Å². The lowest BCUT2D eigenvalue weighted by molar-refractivity contribution is -0.306. The fourth-order valence-corrected chi connectivity index (χ4v) is 10.8. The van der Waals surface area contributed by atoms with E-state index in [2.05, 4.69) is 51.1 Å². The van der Waals surface area contributed by atoms with Crippen molar-refractivity contribution < 1.29 is 47.5 Å². The van der Waals surface area contributed by atoms with Gasteiger partial charge in [-0.25, -0.2) is 0 Å². The van der Waals surface area contributed by atoms with Gasteiger partial charge in [-0.2, -0.15) is 0 Å². The number of esters is 1. The van der Waals surface area contributed by atoms with E-state index in [1.165, 1.54) is 11.8 Å². The molecular formula is C42H65NO10S2. The summed E-state index contributed by atoms with van der Waals surface area (Å²) in [5.74, 6) is -0.167. The molecule has 3 aliphatic heterocycles. The summed E-state index contributed by atoms with van der Waals surface area (Å²) in [4.78, 5) is 30.5. The molecule has 0 aromatic heterocycles. The first-order valence-corrected chi connectivity index (χ1v) is 22.2. The minimum Gasteiger partial charge on any atom is -0.467 e. The Bertz CT molecular complexity index is 1410. The van der Waals surface area contributed by atoms with E-state index in [0.29, 0.717) is 16.8 Å². The second-order valence-corrected chi connectivity index (χ2v) is 18.2. The monoisotopic (exact) mass is 807 g/mol. The maximum Gasteiger partial charge on any atom is 0.306 e. The number of ether oxygens (including phenoxy) is 8. The highest BCUT2D eigenvalue weighted by Gasteiger charge is 2.53. The maximum absolute atomic E-state index is 14.7. The van der Waals surface area contributed by atoms with E-state index >= 15 is 0 Å². The summed E-state index contributed by atoms with van der Waals surface area (Å²) >= 11 is 6.81. The topological polar surface area (TPSA) is 111 Å². The molecule has 0 N–H and O–H groups in total. The number of rotatable bonds is 9. The Morgan fingerprint density at radius 2 is 1.69 bits per heavy atom. The molecule has 3 aliphatic carbocycles. The van der Waals surface area contributed by atoms with Gasteiger partial charge in [0.1, 0.15) is 18.3 Å². The van der Waals surface area contributed by atoms with Crippen LogP contribution in [0.2, 0.25) is 0 Å². The van der Waals surface area contributed by atoms with E-state index in [0.717, 1.165) is 50.5 Å². The third-order valence-electron chi connectivity index (χ3n) is 13.4. The van der Waals surface area contributed by atoms with Crippen LogP contribution in [0.3, 0.4) is 0 Å². The van der Waals surface area contributed by atoms with Gasteiger partial charge in [0.25, 0.3) is 0 Å². The first-order chi connectivity index (χ1) is 26.4. The second kappa shape index (κ2) is 19.1. The molecule has 6 rings (SSSR count). The molecule has 0 unspecified atom stereocenters. The van der Waals surface area contributed by atoms with Crippen LogP contribution in [0.25, 0.3) is 0 Å². The second-order valence-electron chi connectivity index (χ2n) is 16.8. The summed E-state index contributed by atoms with van der Waals surface area (Å²) in [6.45, 7) is 8.14. The number of likely N-dealkylation sites (N-methyl/N-ethyl adjacent to an activating group) is 1. The van der Waals surface area contributed by atoms with Gasteiger partial charge < -0.3 is 42.8 Å². The van der Waals surface area contributed by atoms with Gasteiger partial charge in [0, 0.05) is 32.1 Å². The zero-order valence-electron chi connectivity index (χ0n) is 34.3. The molecule has 13 heteroatoms. The molecule has 1 saturated carbocycles. The van der Waals surface area contributed by atoms with E-state index < -0.39 is 18.5 Å². The Hall–Kier alpha value is -1.42. The molecule has 4 fully saturated rings. The summed E-state index contributed by atoms with van der Waals surface area (Å²) in [6.07, 6.45) is 11.9. The van der Waals surface area contributed by atoms with Gasteiger partial charge in [-0.3, -0.25) is 9.59 Å². The fourth-order valence-electron chi connectivity index (χ4n) is 10.4. The number of fused-ring (bicyclic) bond motifs is 5. The van der Waals surface area contributed by atoms with Crippen LogP contribution in [0.15, 0.2) is 23.8 Å². The Morgan fingerprint density at radius 1 is 0.927 bits per heavy atom. The van der Waals surface area contributed by atoms with Crippen LogP contribution in [-0.2, 0) is 47.5 Å². The number of nitrogens with zero attached hydrogens (tertiary/aromatic N) is 1. The molecule has 3 saturated heterocycles. The zero-order valence-corrected chi connectivity index (χ0v) is 35.9. The summed E-state index contributed by atoms with van der Waals surface area (Å²) in [5, 5.41) is 0. The van der Waals surface area contributed by atoms with Crippen LogP contribution in [0.5, 0.6) is 0 Å². The molecule has 0 spiro atoms. The van der Waals surface area contributed by atoms with Crippen molar-refractivity contribution in [3.05, 3.63) is 23.8 Å². The molecule has 0 aromatic carbocycles. The largest absolute Gasteiger partial charge is 0.467 e. The lowest BCUT2D eigenvalue weighted by atomic mass is 9.70. The Labute approximate surface area is 338 Å². The molecule has 0 aromatic rings. The van der Waals surface area contributed by atoms with Crippen molar-refractivity contribution in [1.82, 2.24) is 4.90 Å². The van der Waals surface area contributed by atoms with Crippen molar-refractivity contribution in [1.29, 1.82) is 0 Å². The third kappa shape index (κ3) is 9.57. The highest BCUT2D eigenvalue weighted by molar-refractivity contribution is 8.22. The average Bonchev–Trinajstić information content (AvgIpc) is 3.74. The predicted molar refractivity (Wildman–Crippen MR) is 214 cm³/mol. The minimum atomic E-state index is -0.705. The number of hydrogen-bond donors (Lipinski definition) is 0. The van der Waals surface area contributed by atoms with Crippen molar-refractivity contribution in [2.75, 3.05) is 34.6 Å². The van der Waals surface area contributed by atoms with Crippen molar-refractivity contribution in [3.63, 3.8) is 0 Å². The number of thiocarbonyl (C=S) groups is 1. The van der Waals surface area contributed by atoms with Crippen LogP contribution in [-0.4, -0.2) is 123 Å². The first-order valence-electron chi connectivity index (χ1n) is 20.6. The standard InChI is InChI=1S/C42H65NO10S2/c1-10-26-12-11-13-34(52-36-17-16-33(43(5)6)23(3)48-36)22(2)37(45)32-20-30-28(31(32)21-35(44)50-26)15-14-25-18-27(19-29(25)30)51-41-40(53-42(54)55-9)39(47-8)38(46-7)24(4)49-41/h14-15,20,22-31,33-34,36,38-41H,10-13,16-19,21H2,1-9H3/t22-,23-,24+,25-,26+,27-,28-,29-,30-,31+,33+,34+,36+,38+,39-,40-,41+/m1/s1. The number of thioether (sulfide) groups is 1. The van der Waals surface area contributed by atoms with Crippen LogP contribution in [0.4, 0.5) is 0 Å². The summed E-state index contributed by atoms with van der Waals surface area (Å²) < 4.78 is 50.6. The Kier molecular flexibility index (Phi) is 15.0. The van der Waals surface area contributed by atoms with Crippen LogP contribution < -0.4 is 0 Å². The van der Waals surface area contributed by atoms with Gasteiger partial charge >= 0.3 is 5.97 Å². The third-order valence-corrected chi connectivity index (χ3v) is 14.4. The van der Waals surface area contributed by atoms with Crippen molar-refractivity contribution in [2.45, 2.75) is 153 Å². The highest BCUT2D eigenvalue weighted by Crippen LogP contribution is 2.54. The zero-order chi connectivity index (χ0) is 39.6. The summed E-state index contributed by atoms with van der Waals surface area (Å²) in [7, 11) is 7.46. The molecule has 0 radical (unpaired) electrons. The number of carbonyl (C=O) groups excluding carboxylic acids is 2. The SMILES string of the molecule is CC[C@H]1CCC[C@H](O[C@H]2CC[C@H](N(C)C)[C@@H](C)O2)[C@@H](C)C(=O)C2=C[C@@H]3[C@@H](C=C[C@@H]4C[C@@H](O[C@@H]5O[C@@H](C)[C@H](OC)[C@@H](OC)[C@H]5OC(=S)SC)C[C@@H]34)[C@@H]2CC(=O)O1. The molecule has 17 atom stereocenters. The van der Waals surface area contributed by atoms with Crippen molar-refractivity contribution in [3.8, 4) is 0 Å². The van der Waals surface area contributed by atoms with Crippen molar-refractivity contribution in [2.24, 2.45) is 35.5 Å². The van der Waals surface area contributed by atoms with E-state index in [4.69, 9.17) is 50.1 Å². The Morgan fingerprint density at radius 3 is 2.36 bits per heavy atom. The number of ketones is 1. The van der Waals surface area contributed by atoms with Crippen LogP contribution >= 0.6 is 24.0 Å². The lowest BCUT2D eigenvalue weighted by Crippen LogP contribution is -2.60. The number of hydrogen-bond acceptors (Lipinski definition) is 13. The number of allylic oxidation sites excluding steroid dienone is 4. The summed E-state index contributed by atoms with van der Waals surface area (Å²) in [5.41, 5.74) is 0.749. The molecule has 55 heavy (non-hydrogen) atoms. The van der Waals surface area contributed by atoms with Gasteiger partial charge in [0.15, 0.2) is 24.5 Å². The molecule has 310 valence electrons. The van der Waals surface area contributed by atoms with Crippen LogP contribution in [0.1, 0.15) is 85.5 Å². The van der Waals surface area contributed by atoms with Gasteiger partial charge in [0.05, 0.1) is 30.8 Å². The number of methoxy groups -OCH3 is 2. The molecule has 0 amide bonds. The molecule has 11 nitrogen and oxygen atoms in total. The number of carbonyl (C=O) groups is 2. The predicted octanol–water partition coefficient (Wildman–Crippen LogP) is 6.51. The fraction of sp³-hybridized carbons (Fsp3) is 0.833. The lowest BCUT2D eigenvalue weighted by Gasteiger charge is -2.44. The van der Waals surface area contributed by atoms with E-state index in [1.54, 1.807) is 14.2 Å². The summed E-state index contributed by atoms with van der Waals surface area (Å²) in [6, 6.07) is 0.331. The molecule has 6 aliphatic rings. The average molecular weight is 808 g/mol. The van der Waals surface area contributed by atoms with Gasteiger partial charge in [0.2, 0.25) is 4.38 Å². The molecule has 3 heterocycles. The highest BCUT2D eigenvalue weighted by atomic mass is 32.2. The molecular weight excluding hydrogens is 743 g/mol. The normalized spacial score (nSPS) is 43.7. The first kappa shape index (κ1) is 43.2.